The number of benzene rings is 1. The Balaban J connectivity index is 1.47. The molecule has 7 heteroatoms. The molecular formula is C26H34N2O4S. The Bertz CT molecular complexity index is 850. The molecule has 0 aliphatic carbocycles. The molecule has 1 saturated heterocycles. The summed E-state index contributed by atoms with van der Waals surface area (Å²) in [5, 5.41) is 2.91. The van der Waals surface area contributed by atoms with Gasteiger partial charge in [-0.05, 0) is 30.5 Å². The summed E-state index contributed by atoms with van der Waals surface area (Å²) in [5.41, 5.74) is 1.08. The Morgan fingerprint density at radius 1 is 1.00 bits per heavy atom. The van der Waals surface area contributed by atoms with Crippen molar-refractivity contribution in [3.63, 3.8) is 0 Å². The summed E-state index contributed by atoms with van der Waals surface area (Å²) in [7, 11) is 0. The number of pyridine rings is 1. The zero-order chi connectivity index (χ0) is 23.3. The van der Waals surface area contributed by atoms with Crippen LogP contribution in [0.25, 0.3) is 0 Å². The first-order chi connectivity index (χ1) is 16.1. The van der Waals surface area contributed by atoms with E-state index in [-0.39, 0.29) is 18.1 Å². The Morgan fingerprint density at radius 3 is 2.45 bits per heavy atom. The zero-order valence-corrected chi connectivity index (χ0v) is 20.1. The van der Waals surface area contributed by atoms with Crippen LogP contribution in [0.2, 0.25) is 0 Å². The lowest BCUT2D eigenvalue weighted by atomic mass is 10.0. The number of Topliss-reactive ketones (excluding diaryl/α,β-unsaturated/α-hetero) is 1. The van der Waals surface area contributed by atoms with E-state index in [9.17, 15) is 9.59 Å². The fraction of sp³-hybridized carbons (Fsp3) is 0.500. The minimum Gasteiger partial charge on any atom is -0.331 e. The van der Waals surface area contributed by atoms with Gasteiger partial charge in [0.15, 0.2) is 0 Å². The van der Waals surface area contributed by atoms with E-state index >= 15 is 0 Å². The molecule has 3 rings (SSSR count). The molecule has 0 radical (unpaired) electrons. The van der Waals surface area contributed by atoms with E-state index in [2.05, 4.69) is 10.3 Å². The van der Waals surface area contributed by atoms with E-state index in [1.54, 1.807) is 24.2 Å². The Kier molecular flexibility index (Phi) is 10.9. The van der Waals surface area contributed by atoms with E-state index in [0.717, 1.165) is 48.3 Å². The van der Waals surface area contributed by atoms with Gasteiger partial charge >= 0.3 is 0 Å². The first-order valence-corrected chi connectivity index (χ1v) is 12.8. The fourth-order valence-electron chi connectivity index (χ4n) is 3.73. The van der Waals surface area contributed by atoms with Crippen LogP contribution in [0.5, 0.6) is 0 Å². The molecule has 178 valence electrons. The topological polar surface area (TPSA) is 77.5 Å². The molecule has 3 atom stereocenters. The van der Waals surface area contributed by atoms with Crippen LogP contribution >= 0.6 is 11.8 Å². The van der Waals surface area contributed by atoms with E-state index in [4.69, 9.17) is 9.47 Å². The second kappa shape index (κ2) is 14.1. The van der Waals surface area contributed by atoms with Crippen molar-refractivity contribution in [3.05, 3.63) is 60.4 Å². The number of amides is 1. The number of rotatable bonds is 13. The van der Waals surface area contributed by atoms with Crippen LogP contribution in [0.15, 0.2) is 59.8 Å². The standard InChI is InChI=1S/C26H34N2O4S/c1-2-21(29)12-8-3-4-9-13-25(30)28-26-31-22(19-33-23-14-16-27-17-15-23)18-24(32-26)20-10-6-5-7-11-20/h5-7,10-11,14-17,22,24,26H,2-4,8-9,12-13,18-19H2,1H3,(H,28,30). The molecule has 6 nitrogen and oxygen atoms in total. The van der Waals surface area contributed by atoms with Crippen molar-refractivity contribution in [2.45, 2.75) is 81.8 Å². The third-order valence-corrected chi connectivity index (χ3v) is 6.76. The van der Waals surface area contributed by atoms with Crippen LogP contribution in [0, 0.1) is 0 Å². The summed E-state index contributed by atoms with van der Waals surface area (Å²) < 4.78 is 12.2. The first kappa shape index (κ1) is 25.4. The highest BCUT2D eigenvalue weighted by Crippen LogP contribution is 2.32. The summed E-state index contributed by atoms with van der Waals surface area (Å²) in [4.78, 5) is 29.0. The van der Waals surface area contributed by atoms with Crippen LogP contribution in [0.3, 0.4) is 0 Å². The molecule has 3 unspecified atom stereocenters. The van der Waals surface area contributed by atoms with E-state index in [0.29, 0.717) is 25.0 Å². The molecule has 1 aromatic carbocycles. The third-order valence-electron chi connectivity index (χ3n) is 5.62. The van der Waals surface area contributed by atoms with Crippen molar-refractivity contribution in [1.29, 1.82) is 0 Å². The van der Waals surface area contributed by atoms with Crippen LogP contribution < -0.4 is 5.32 Å². The summed E-state index contributed by atoms with van der Waals surface area (Å²) in [5.74, 6) is 1.00. The van der Waals surface area contributed by atoms with E-state index in [1.165, 1.54) is 0 Å². The number of nitrogens with zero attached hydrogens (tertiary/aromatic N) is 1. The number of thioether (sulfide) groups is 1. The highest BCUT2D eigenvalue weighted by atomic mass is 32.2. The van der Waals surface area contributed by atoms with Gasteiger partial charge in [0.25, 0.3) is 0 Å². The maximum Gasteiger partial charge on any atom is 0.240 e. The number of hydrogen-bond donors (Lipinski definition) is 1. The molecule has 2 heterocycles. The van der Waals surface area contributed by atoms with Crippen LogP contribution in [0.1, 0.15) is 70.0 Å². The number of ether oxygens (including phenoxy) is 2. The normalized spacial score (nSPS) is 20.3. The number of carbonyl (C=O) groups is 2. The predicted molar refractivity (Wildman–Crippen MR) is 130 cm³/mol. The molecule has 1 N–H and O–H groups in total. The monoisotopic (exact) mass is 470 g/mol. The van der Waals surface area contributed by atoms with Crippen molar-refractivity contribution < 1.29 is 19.1 Å². The van der Waals surface area contributed by atoms with Gasteiger partial charge in [-0.25, -0.2) is 0 Å². The zero-order valence-electron chi connectivity index (χ0n) is 19.3. The van der Waals surface area contributed by atoms with Gasteiger partial charge in [-0.1, -0.05) is 50.1 Å². The molecule has 2 aromatic rings. The van der Waals surface area contributed by atoms with Crippen molar-refractivity contribution in [3.8, 4) is 0 Å². The van der Waals surface area contributed by atoms with Gasteiger partial charge in [-0.3, -0.25) is 14.6 Å². The molecule has 1 fully saturated rings. The van der Waals surface area contributed by atoms with Crippen LogP contribution in [-0.4, -0.2) is 34.9 Å². The average Bonchev–Trinajstić information content (AvgIpc) is 2.85. The number of carbonyl (C=O) groups excluding carboxylic acids is 2. The highest BCUT2D eigenvalue weighted by Gasteiger charge is 2.32. The summed E-state index contributed by atoms with van der Waals surface area (Å²) in [6.45, 7) is 1.90. The molecule has 0 bridgehead atoms. The molecule has 1 amide bonds. The number of hydrogen-bond acceptors (Lipinski definition) is 6. The Hall–Kier alpha value is -2.22. The SMILES string of the molecule is CCC(=O)CCCCCCC(=O)NC1OC(CSc2ccncc2)CC(c2ccccc2)O1. The molecular weight excluding hydrogens is 436 g/mol. The van der Waals surface area contributed by atoms with Crippen molar-refractivity contribution in [1.82, 2.24) is 10.3 Å². The second-order valence-electron chi connectivity index (χ2n) is 8.23. The van der Waals surface area contributed by atoms with Gasteiger partial charge in [-0.2, -0.15) is 0 Å². The largest absolute Gasteiger partial charge is 0.331 e. The minimum absolute atomic E-state index is 0.0523. The fourth-order valence-corrected chi connectivity index (χ4v) is 4.64. The Morgan fingerprint density at radius 2 is 1.73 bits per heavy atom. The second-order valence-corrected chi connectivity index (χ2v) is 9.32. The van der Waals surface area contributed by atoms with Crippen LogP contribution in [0.4, 0.5) is 0 Å². The maximum absolute atomic E-state index is 12.5. The van der Waals surface area contributed by atoms with Crippen molar-refractivity contribution in [2.24, 2.45) is 0 Å². The molecule has 1 aromatic heterocycles. The van der Waals surface area contributed by atoms with Crippen molar-refractivity contribution >= 4 is 23.5 Å². The number of ketones is 1. The lowest BCUT2D eigenvalue weighted by molar-refractivity contribution is -0.251. The lowest BCUT2D eigenvalue weighted by Gasteiger charge is -2.36. The maximum atomic E-state index is 12.5. The summed E-state index contributed by atoms with van der Waals surface area (Å²) in [6.07, 6.45) is 8.63. The highest BCUT2D eigenvalue weighted by molar-refractivity contribution is 7.99. The molecule has 33 heavy (non-hydrogen) atoms. The van der Waals surface area contributed by atoms with Gasteiger partial charge in [0.1, 0.15) is 5.78 Å². The van der Waals surface area contributed by atoms with Crippen LogP contribution in [-0.2, 0) is 19.1 Å². The van der Waals surface area contributed by atoms with Gasteiger partial charge in [0, 0.05) is 48.7 Å². The number of aromatic nitrogens is 1. The van der Waals surface area contributed by atoms with Gasteiger partial charge in [0.2, 0.25) is 12.3 Å². The quantitative estimate of drug-likeness (QED) is 0.310. The third kappa shape index (κ3) is 9.27. The lowest BCUT2D eigenvalue weighted by Crippen LogP contribution is -2.46. The summed E-state index contributed by atoms with van der Waals surface area (Å²) in [6, 6.07) is 14.0. The van der Waals surface area contributed by atoms with E-state index in [1.807, 2.05) is 49.4 Å². The number of unbranched alkanes of at least 4 members (excludes halogenated alkanes) is 3. The van der Waals surface area contributed by atoms with E-state index < -0.39 is 6.41 Å². The minimum atomic E-state index is -0.762. The van der Waals surface area contributed by atoms with Gasteiger partial charge in [0.05, 0.1) is 12.2 Å². The van der Waals surface area contributed by atoms with Gasteiger partial charge in [-0.15, -0.1) is 11.8 Å². The molecule has 1 aliphatic rings. The Labute approximate surface area is 200 Å². The summed E-state index contributed by atoms with van der Waals surface area (Å²) >= 11 is 1.71. The molecule has 1 aliphatic heterocycles. The molecule has 0 spiro atoms. The van der Waals surface area contributed by atoms with Crippen molar-refractivity contribution in [2.75, 3.05) is 5.75 Å². The average molecular weight is 471 g/mol. The molecule has 0 saturated carbocycles. The smallest absolute Gasteiger partial charge is 0.240 e. The first-order valence-electron chi connectivity index (χ1n) is 11.8. The van der Waals surface area contributed by atoms with Gasteiger partial charge < -0.3 is 14.8 Å². The number of nitrogens with one attached hydrogen (secondary N) is 1. The predicted octanol–water partition coefficient (Wildman–Crippen LogP) is 5.44.